The maximum absolute atomic E-state index is 13.7. The molecule has 3 aromatic rings. The lowest BCUT2D eigenvalue weighted by Crippen LogP contribution is -2.10. The van der Waals surface area contributed by atoms with Crippen LogP contribution in [0, 0.1) is 5.82 Å². The number of carbonyl (C=O) groups excluding carboxylic acids is 1. The summed E-state index contributed by atoms with van der Waals surface area (Å²) >= 11 is 0. The van der Waals surface area contributed by atoms with E-state index in [4.69, 9.17) is 13.9 Å². The Bertz CT molecular complexity index is 880. The molecule has 0 aliphatic carbocycles. The van der Waals surface area contributed by atoms with Gasteiger partial charge in [0.1, 0.15) is 0 Å². The Hall–Kier alpha value is -3.22. The summed E-state index contributed by atoms with van der Waals surface area (Å²) in [7, 11) is 1.35. The highest BCUT2D eigenvalue weighted by molar-refractivity contribution is 5.89. The molecule has 1 aromatic heterocycles. The van der Waals surface area contributed by atoms with E-state index in [1.807, 2.05) is 30.3 Å². The molecule has 25 heavy (non-hydrogen) atoms. The van der Waals surface area contributed by atoms with E-state index in [2.05, 4.69) is 10.2 Å². The van der Waals surface area contributed by atoms with Gasteiger partial charge in [0, 0.05) is 5.56 Å². The zero-order chi connectivity index (χ0) is 17.8. The van der Waals surface area contributed by atoms with Gasteiger partial charge in [-0.15, -0.1) is 10.2 Å². The first-order chi connectivity index (χ1) is 12.1. The number of esters is 1. The van der Waals surface area contributed by atoms with Crippen molar-refractivity contribution in [3.63, 3.8) is 0 Å². The summed E-state index contributed by atoms with van der Waals surface area (Å²) in [6.45, 7) is 1.60. The number of carbonyl (C=O) groups is 1. The molecular weight excluding hydrogens is 327 g/mol. The third-order valence-corrected chi connectivity index (χ3v) is 3.48. The van der Waals surface area contributed by atoms with Crippen LogP contribution in [0.2, 0.25) is 0 Å². The van der Waals surface area contributed by atoms with E-state index in [1.54, 1.807) is 6.92 Å². The van der Waals surface area contributed by atoms with E-state index in [0.717, 1.165) is 11.6 Å². The Balaban J connectivity index is 1.72. The Morgan fingerprint density at radius 3 is 2.60 bits per heavy atom. The van der Waals surface area contributed by atoms with Crippen molar-refractivity contribution in [1.29, 1.82) is 0 Å². The van der Waals surface area contributed by atoms with E-state index >= 15 is 0 Å². The van der Waals surface area contributed by atoms with Crippen molar-refractivity contribution in [2.45, 2.75) is 13.0 Å². The average molecular weight is 342 g/mol. The number of nitrogens with zero attached hydrogens (tertiary/aromatic N) is 2. The summed E-state index contributed by atoms with van der Waals surface area (Å²) < 4.78 is 29.3. The van der Waals surface area contributed by atoms with Crippen molar-refractivity contribution in [1.82, 2.24) is 10.2 Å². The fourth-order valence-electron chi connectivity index (χ4n) is 2.17. The summed E-state index contributed by atoms with van der Waals surface area (Å²) in [5.74, 6) is -0.813. The largest absolute Gasteiger partial charge is 0.494 e. The predicted molar refractivity (Wildman–Crippen MR) is 86.5 cm³/mol. The summed E-state index contributed by atoms with van der Waals surface area (Å²) in [5.41, 5.74) is 0.824. The van der Waals surface area contributed by atoms with Crippen LogP contribution in [0.1, 0.15) is 29.3 Å². The molecule has 2 aromatic carbocycles. The molecule has 7 heteroatoms. The minimum Gasteiger partial charge on any atom is -0.494 e. The number of hydrogen-bond donors (Lipinski definition) is 0. The number of benzene rings is 2. The SMILES string of the molecule is COc1ccc(C(=O)OC(C)c2nnc(-c3ccccc3)o2)cc1F. The summed E-state index contributed by atoms with van der Waals surface area (Å²) in [4.78, 5) is 12.1. The van der Waals surface area contributed by atoms with E-state index in [9.17, 15) is 9.18 Å². The molecular formula is C18H15FN2O4. The number of aromatic nitrogens is 2. The zero-order valence-electron chi connectivity index (χ0n) is 13.6. The van der Waals surface area contributed by atoms with Crippen molar-refractivity contribution >= 4 is 5.97 Å². The predicted octanol–water partition coefficient (Wildman–Crippen LogP) is 3.80. The second-order valence-corrected chi connectivity index (χ2v) is 5.21. The third kappa shape index (κ3) is 3.65. The molecule has 3 rings (SSSR count). The normalized spacial score (nSPS) is 11.8. The Morgan fingerprint density at radius 2 is 1.92 bits per heavy atom. The maximum Gasteiger partial charge on any atom is 0.339 e. The number of ether oxygens (including phenoxy) is 2. The molecule has 1 unspecified atom stereocenters. The van der Waals surface area contributed by atoms with Crippen molar-refractivity contribution in [3.05, 3.63) is 65.8 Å². The second kappa shape index (κ2) is 7.12. The van der Waals surface area contributed by atoms with Crippen LogP contribution in [0.15, 0.2) is 52.9 Å². The first kappa shape index (κ1) is 16.6. The van der Waals surface area contributed by atoms with Gasteiger partial charge < -0.3 is 13.9 Å². The molecule has 0 amide bonds. The van der Waals surface area contributed by atoms with E-state index in [1.165, 1.54) is 19.2 Å². The minimum atomic E-state index is -0.775. The molecule has 0 saturated heterocycles. The Labute approximate surface area is 143 Å². The second-order valence-electron chi connectivity index (χ2n) is 5.21. The van der Waals surface area contributed by atoms with Crippen molar-refractivity contribution < 1.29 is 23.1 Å². The molecule has 0 N–H and O–H groups in total. The molecule has 0 fully saturated rings. The number of hydrogen-bond acceptors (Lipinski definition) is 6. The number of halogens is 1. The van der Waals surface area contributed by atoms with Crippen LogP contribution in [0.5, 0.6) is 5.75 Å². The van der Waals surface area contributed by atoms with Gasteiger partial charge in [0.15, 0.2) is 17.7 Å². The van der Waals surface area contributed by atoms with Gasteiger partial charge in [-0.05, 0) is 37.3 Å². The average Bonchev–Trinajstić information content (AvgIpc) is 3.12. The fraction of sp³-hybridized carbons (Fsp3) is 0.167. The lowest BCUT2D eigenvalue weighted by Gasteiger charge is -2.10. The highest BCUT2D eigenvalue weighted by Gasteiger charge is 2.20. The third-order valence-electron chi connectivity index (χ3n) is 3.48. The highest BCUT2D eigenvalue weighted by Crippen LogP contribution is 2.24. The first-order valence-corrected chi connectivity index (χ1v) is 7.52. The van der Waals surface area contributed by atoms with Gasteiger partial charge >= 0.3 is 5.97 Å². The minimum absolute atomic E-state index is 0.0500. The van der Waals surface area contributed by atoms with E-state index in [0.29, 0.717) is 5.89 Å². The summed E-state index contributed by atoms with van der Waals surface area (Å²) in [5, 5.41) is 7.84. The molecule has 0 saturated carbocycles. The van der Waals surface area contributed by atoms with Crippen molar-refractivity contribution in [3.8, 4) is 17.2 Å². The topological polar surface area (TPSA) is 74.5 Å². The maximum atomic E-state index is 13.7. The first-order valence-electron chi connectivity index (χ1n) is 7.52. The lowest BCUT2D eigenvalue weighted by molar-refractivity contribution is 0.0279. The van der Waals surface area contributed by atoms with Crippen LogP contribution in [-0.2, 0) is 4.74 Å². The molecule has 0 aliphatic rings. The molecule has 128 valence electrons. The summed E-state index contributed by atoms with van der Waals surface area (Å²) in [6, 6.07) is 13.1. The Morgan fingerprint density at radius 1 is 1.16 bits per heavy atom. The van der Waals surface area contributed by atoms with Gasteiger partial charge in [-0.25, -0.2) is 9.18 Å². The monoisotopic (exact) mass is 342 g/mol. The van der Waals surface area contributed by atoms with Crippen molar-refractivity contribution in [2.75, 3.05) is 7.11 Å². The number of methoxy groups -OCH3 is 1. The molecule has 1 atom stereocenters. The van der Waals surface area contributed by atoms with Crippen molar-refractivity contribution in [2.24, 2.45) is 0 Å². The smallest absolute Gasteiger partial charge is 0.339 e. The van der Waals surface area contributed by atoms with Crippen LogP contribution >= 0.6 is 0 Å². The highest BCUT2D eigenvalue weighted by atomic mass is 19.1. The quantitative estimate of drug-likeness (QED) is 0.657. The molecule has 1 heterocycles. The standard InChI is InChI=1S/C18H15FN2O4/c1-11(16-20-21-17(25-16)12-6-4-3-5-7-12)24-18(22)13-8-9-15(23-2)14(19)10-13/h3-11H,1-2H3. The molecule has 0 spiro atoms. The van der Waals surface area contributed by atoms with Gasteiger partial charge in [-0.1, -0.05) is 18.2 Å². The van der Waals surface area contributed by atoms with Crippen LogP contribution in [0.25, 0.3) is 11.5 Å². The van der Waals surface area contributed by atoms with Crippen LogP contribution in [0.4, 0.5) is 4.39 Å². The lowest BCUT2D eigenvalue weighted by atomic mass is 10.2. The molecule has 0 aliphatic heterocycles. The van der Waals surface area contributed by atoms with Crippen LogP contribution < -0.4 is 4.74 Å². The van der Waals surface area contributed by atoms with Gasteiger partial charge in [0.25, 0.3) is 5.89 Å². The van der Waals surface area contributed by atoms with Crippen LogP contribution in [-0.4, -0.2) is 23.3 Å². The fourth-order valence-corrected chi connectivity index (χ4v) is 2.17. The van der Waals surface area contributed by atoms with Gasteiger partial charge in [-0.3, -0.25) is 0 Å². The molecule has 0 bridgehead atoms. The summed E-state index contributed by atoms with van der Waals surface area (Å²) in [6.07, 6.45) is -0.775. The van der Waals surface area contributed by atoms with Crippen LogP contribution in [0.3, 0.4) is 0 Å². The van der Waals surface area contributed by atoms with E-state index in [-0.39, 0.29) is 17.2 Å². The zero-order valence-corrected chi connectivity index (χ0v) is 13.6. The van der Waals surface area contributed by atoms with Gasteiger partial charge in [0.05, 0.1) is 12.7 Å². The number of rotatable bonds is 5. The van der Waals surface area contributed by atoms with Gasteiger partial charge in [0.2, 0.25) is 5.89 Å². The molecule has 6 nitrogen and oxygen atoms in total. The van der Waals surface area contributed by atoms with Gasteiger partial charge in [-0.2, -0.15) is 0 Å². The van der Waals surface area contributed by atoms with E-state index < -0.39 is 17.9 Å². The molecule has 0 radical (unpaired) electrons. The Kier molecular flexibility index (Phi) is 4.74.